The molecule has 0 N–H and O–H groups in total. The summed E-state index contributed by atoms with van der Waals surface area (Å²) in [6.45, 7) is 2.13. The average molecular weight is 215 g/mol. The first-order chi connectivity index (χ1) is 7.83. The first-order valence-electron chi connectivity index (χ1n) is 5.28. The summed E-state index contributed by atoms with van der Waals surface area (Å²) in [7, 11) is 0. The summed E-state index contributed by atoms with van der Waals surface area (Å²) >= 11 is 0. The lowest BCUT2D eigenvalue weighted by Gasteiger charge is -1.99. The second kappa shape index (κ2) is 4.70. The molecule has 4 heteroatoms. The molecule has 0 unspecified atom stereocenters. The molecule has 0 aliphatic heterocycles. The van der Waals surface area contributed by atoms with E-state index < -0.39 is 0 Å². The molecule has 0 atom stereocenters. The monoisotopic (exact) mass is 215 g/mol. The Hall–Kier alpha value is -1.97. The van der Waals surface area contributed by atoms with Gasteiger partial charge in [0.15, 0.2) is 12.1 Å². The fourth-order valence-electron chi connectivity index (χ4n) is 1.51. The summed E-state index contributed by atoms with van der Waals surface area (Å²) in [5, 5.41) is 4.23. The Morgan fingerprint density at radius 3 is 2.88 bits per heavy atom. The van der Waals surface area contributed by atoms with E-state index in [9.17, 15) is 4.79 Å². The van der Waals surface area contributed by atoms with Gasteiger partial charge in [-0.15, -0.1) is 0 Å². The predicted octanol–water partition coefficient (Wildman–Crippen LogP) is 2.03. The van der Waals surface area contributed by atoms with Gasteiger partial charge in [-0.2, -0.15) is 5.10 Å². The Kier molecular flexibility index (Phi) is 3.10. The molecule has 2 aromatic rings. The molecule has 0 radical (unpaired) electrons. The van der Waals surface area contributed by atoms with Crippen LogP contribution in [0.25, 0.3) is 5.82 Å². The summed E-state index contributed by atoms with van der Waals surface area (Å²) in [6, 6.07) is 3.52. The fourth-order valence-corrected chi connectivity index (χ4v) is 1.51. The van der Waals surface area contributed by atoms with Crippen LogP contribution in [0, 0.1) is 0 Å². The second-order valence-electron chi connectivity index (χ2n) is 3.61. The van der Waals surface area contributed by atoms with Crippen LogP contribution in [0.4, 0.5) is 0 Å². The van der Waals surface area contributed by atoms with E-state index in [-0.39, 0.29) is 0 Å². The van der Waals surface area contributed by atoms with E-state index in [4.69, 9.17) is 0 Å². The van der Waals surface area contributed by atoms with Crippen molar-refractivity contribution in [2.45, 2.75) is 19.8 Å². The van der Waals surface area contributed by atoms with Gasteiger partial charge in [0, 0.05) is 18.0 Å². The molecular formula is C12H13N3O. The number of aromatic nitrogens is 3. The van der Waals surface area contributed by atoms with Gasteiger partial charge >= 0.3 is 0 Å². The van der Waals surface area contributed by atoms with Crippen LogP contribution in [0.2, 0.25) is 0 Å². The largest absolute Gasteiger partial charge is 0.298 e. The molecule has 0 saturated carbocycles. The van der Waals surface area contributed by atoms with Gasteiger partial charge in [0.2, 0.25) is 0 Å². The van der Waals surface area contributed by atoms with Gasteiger partial charge in [-0.05, 0) is 24.1 Å². The minimum atomic E-state index is 0.574. The zero-order valence-corrected chi connectivity index (χ0v) is 9.13. The Morgan fingerprint density at radius 2 is 2.25 bits per heavy atom. The topological polar surface area (TPSA) is 47.8 Å². The molecule has 0 aliphatic carbocycles. The van der Waals surface area contributed by atoms with Crippen LogP contribution in [0.15, 0.2) is 30.7 Å². The number of aldehydes is 1. The molecule has 0 amide bonds. The summed E-state index contributed by atoms with van der Waals surface area (Å²) in [6.07, 6.45) is 8.26. The lowest BCUT2D eigenvalue weighted by Crippen LogP contribution is -1.97. The maximum atomic E-state index is 10.5. The van der Waals surface area contributed by atoms with Gasteiger partial charge in [0.25, 0.3) is 0 Å². The van der Waals surface area contributed by atoms with Crippen LogP contribution in [0.1, 0.15) is 29.3 Å². The van der Waals surface area contributed by atoms with E-state index in [0.717, 1.165) is 24.9 Å². The number of hydrogen-bond acceptors (Lipinski definition) is 3. The first kappa shape index (κ1) is 10.5. The van der Waals surface area contributed by atoms with Crippen LogP contribution < -0.4 is 0 Å². The lowest BCUT2D eigenvalue weighted by atomic mass is 10.2. The highest BCUT2D eigenvalue weighted by Crippen LogP contribution is 2.07. The first-order valence-corrected chi connectivity index (χ1v) is 5.28. The molecular weight excluding hydrogens is 202 g/mol. The standard InChI is InChI=1S/C12H13N3O/c1-2-3-10-7-14-15(8-10)12-5-4-11(9-16)6-13-12/h4-9H,2-3H2,1H3. The Balaban J connectivity index is 2.24. The SMILES string of the molecule is CCCc1cnn(-c2ccc(C=O)cn2)c1. The molecule has 0 spiro atoms. The minimum absolute atomic E-state index is 0.574. The van der Waals surface area contributed by atoms with Crippen LogP contribution in [0.3, 0.4) is 0 Å². The van der Waals surface area contributed by atoms with Gasteiger partial charge < -0.3 is 0 Å². The van der Waals surface area contributed by atoms with Crippen LogP contribution in [-0.2, 0) is 6.42 Å². The number of nitrogens with zero attached hydrogens (tertiary/aromatic N) is 3. The number of carbonyl (C=O) groups excluding carboxylic acids is 1. The highest BCUT2D eigenvalue weighted by atomic mass is 16.1. The van der Waals surface area contributed by atoms with Gasteiger partial charge in [-0.3, -0.25) is 4.79 Å². The number of hydrogen-bond donors (Lipinski definition) is 0. The van der Waals surface area contributed by atoms with Crippen LogP contribution >= 0.6 is 0 Å². The van der Waals surface area contributed by atoms with E-state index in [1.165, 1.54) is 5.56 Å². The van der Waals surface area contributed by atoms with Crippen LogP contribution in [0.5, 0.6) is 0 Å². The minimum Gasteiger partial charge on any atom is -0.298 e. The van der Waals surface area contributed by atoms with Crippen molar-refractivity contribution in [1.29, 1.82) is 0 Å². The maximum Gasteiger partial charge on any atom is 0.153 e. The Labute approximate surface area is 93.9 Å². The predicted molar refractivity (Wildman–Crippen MR) is 60.7 cm³/mol. The van der Waals surface area contributed by atoms with Gasteiger partial charge in [0.1, 0.15) is 0 Å². The molecule has 2 rings (SSSR count). The third-order valence-corrected chi connectivity index (χ3v) is 2.32. The van der Waals surface area contributed by atoms with E-state index in [0.29, 0.717) is 5.56 Å². The van der Waals surface area contributed by atoms with Crippen molar-refractivity contribution in [1.82, 2.24) is 14.8 Å². The zero-order valence-electron chi connectivity index (χ0n) is 9.13. The molecule has 0 saturated heterocycles. The number of aryl methyl sites for hydroxylation is 1. The number of pyridine rings is 1. The molecule has 0 bridgehead atoms. The van der Waals surface area contributed by atoms with Gasteiger partial charge in [-0.25, -0.2) is 9.67 Å². The molecule has 16 heavy (non-hydrogen) atoms. The van der Waals surface area contributed by atoms with Crippen molar-refractivity contribution in [2.24, 2.45) is 0 Å². The summed E-state index contributed by atoms with van der Waals surface area (Å²) in [4.78, 5) is 14.6. The van der Waals surface area contributed by atoms with E-state index >= 15 is 0 Å². The maximum absolute atomic E-state index is 10.5. The molecule has 0 fully saturated rings. The highest BCUT2D eigenvalue weighted by molar-refractivity contribution is 5.74. The fraction of sp³-hybridized carbons (Fsp3) is 0.250. The smallest absolute Gasteiger partial charge is 0.153 e. The molecule has 4 nitrogen and oxygen atoms in total. The molecule has 2 aromatic heterocycles. The summed E-state index contributed by atoms with van der Waals surface area (Å²) in [5.74, 6) is 0.730. The van der Waals surface area contributed by atoms with E-state index in [1.807, 2.05) is 12.4 Å². The van der Waals surface area contributed by atoms with Gasteiger partial charge in [0.05, 0.1) is 6.20 Å². The van der Waals surface area contributed by atoms with Crippen molar-refractivity contribution < 1.29 is 4.79 Å². The number of rotatable bonds is 4. The molecule has 2 heterocycles. The third kappa shape index (κ3) is 2.16. The lowest BCUT2D eigenvalue weighted by molar-refractivity contribution is 0.112. The average Bonchev–Trinajstić information content (AvgIpc) is 2.78. The zero-order chi connectivity index (χ0) is 11.4. The van der Waals surface area contributed by atoms with Crippen molar-refractivity contribution >= 4 is 6.29 Å². The number of carbonyl (C=O) groups is 1. The van der Waals surface area contributed by atoms with Crippen molar-refractivity contribution in [2.75, 3.05) is 0 Å². The van der Waals surface area contributed by atoms with Crippen molar-refractivity contribution in [3.63, 3.8) is 0 Å². The quantitative estimate of drug-likeness (QED) is 0.733. The molecule has 0 aromatic carbocycles. The Morgan fingerprint density at radius 1 is 1.38 bits per heavy atom. The highest BCUT2D eigenvalue weighted by Gasteiger charge is 2.01. The van der Waals surface area contributed by atoms with Crippen LogP contribution in [-0.4, -0.2) is 21.1 Å². The van der Waals surface area contributed by atoms with Crippen molar-refractivity contribution in [3.8, 4) is 5.82 Å². The Bertz CT molecular complexity index is 473. The molecule has 82 valence electrons. The van der Waals surface area contributed by atoms with Crippen molar-refractivity contribution in [3.05, 3.63) is 41.9 Å². The second-order valence-corrected chi connectivity index (χ2v) is 3.61. The summed E-state index contributed by atoms with van der Waals surface area (Å²) < 4.78 is 1.72. The third-order valence-electron chi connectivity index (χ3n) is 2.32. The van der Waals surface area contributed by atoms with E-state index in [1.54, 1.807) is 23.0 Å². The van der Waals surface area contributed by atoms with E-state index in [2.05, 4.69) is 17.0 Å². The normalized spacial score (nSPS) is 10.3. The van der Waals surface area contributed by atoms with Gasteiger partial charge in [-0.1, -0.05) is 13.3 Å². The summed E-state index contributed by atoms with van der Waals surface area (Å²) in [5.41, 5.74) is 1.77. The molecule has 0 aliphatic rings.